The Bertz CT molecular complexity index is 524. The van der Waals surface area contributed by atoms with Crippen LogP contribution < -0.4 is 5.09 Å². The Morgan fingerprint density at radius 1 is 1.21 bits per heavy atom. The van der Waals surface area contributed by atoms with Gasteiger partial charge in [-0.3, -0.25) is 14.3 Å². The van der Waals surface area contributed by atoms with Gasteiger partial charge in [-0.2, -0.15) is 0 Å². The summed E-state index contributed by atoms with van der Waals surface area (Å²) in [6.45, 7) is 11.2. The van der Waals surface area contributed by atoms with Crippen molar-refractivity contribution in [2.24, 2.45) is 5.41 Å². The minimum atomic E-state index is -3.03. The van der Waals surface area contributed by atoms with Crippen LogP contribution in [0.1, 0.15) is 53.9 Å². The number of nitrogens with zero attached hydrogens (tertiary/aromatic N) is 1. The van der Waals surface area contributed by atoms with Gasteiger partial charge in [0.05, 0.1) is 24.2 Å². The van der Waals surface area contributed by atoms with Crippen molar-refractivity contribution < 1.29 is 23.4 Å². The maximum Gasteiger partial charge on any atom is 0.326 e. The summed E-state index contributed by atoms with van der Waals surface area (Å²) in [4.78, 5) is 14.8. The van der Waals surface area contributed by atoms with Gasteiger partial charge in [0, 0.05) is 18.8 Å². The van der Waals surface area contributed by atoms with Crippen molar-refractivity contribution in [3.8, 4) is 0 Å². The van der Waals surface area contributed by atoms with Crippen LogP contribution in [0.5, 0.6) is 0 Å². The van der Waals surface area contributed by atoms with Gasteiger partial charge in [0.1, 0.15) is 6.61 Å². The molecule has 1 aliphatic rings. The summed E-state index contributed by atoms with van der Waals surface area (Å²) in [5.41, 5.74) is -1.01. The van der Waals surface area contributed by atoms with E-state index in [4.69, 9.17) is 14.0 Å². The molecule has 1 heterocycles. The van der Waals surface area contributed by atoms with Gasteiger partial charge >= 0.3 is 12.7 Å². The van der Waals surface area contributed by atoms with E-state index in [0.29, 0.717) is 5.75 Å². The Balaban J connectivity index is 2.37. The molecule has 1 rings (SSSR count). The van der Waals surface area contributed by atoms with Gasteiger partial charge in [-0.05, 0) is 54.1 Å². The Morgan fingerprint density at radius 2 is 1.86 bits per heavy atom. The van der Waals surface area contributed by atoms with Crippen LogP contribution in [-0.2, 0) is 23.4 Å². The lowest BCUT2D eigenvalue weighted by Crippen LogP contribution is -2.39. The molecule has 1 saturated heterocycles. The van der Waals surface area contributed by atoms with Crippen LogP contribution in [0, 0.1) is 5.41 Å². The minimum Gasteiger partial charge on any atom is -0.464 e. The molecule has 0 spiro atoms. The molecule has 7 nitrogen and oxygen atoms in total. The van der Waals surface area contributed by atoms with Crippen LogP contribution in [0.2, 0.25) is 0 Å². The first-order chi connectivity index (χ1) is 13.0. The van der Waals surface area contributed by atoms with E-state index in [2.05, 4.69) is 16.9 Å². The summed E-state index contributed by atoms with van der Waals surface area (Å²) >= 11 is 1.19. The predicted octanol–water partition coefficient (Wildman–Crippen LogP) is 3.93. The number of carbonyl (C=O) groups excluding carboxylic acids is 1. The smallest absolute Gasteiger partial charge is 0.326 e. The Hall–Kier alpha value is -0.110. The van der Waals surface area contributed by atoms with E-state index in [9.17, 15) is 9.36 Å². The first kappa shape index (κ1) is 25.9. The highest BCUT2D eigenvalue weighted by atomic mass is 32.7. The van der Waals surface area contributed by atoms with E-state index < -0.39 is 17.7 Å². The van der Waals surface area contributed by atoms with E-state index in [0.717, 1.165) is 52.1 Å². The highest BCUT2D eigenvalue weighted by molar-refractivity contribution is 8.56. The molecule has 1 aliphatic heterocycles. The second-order valence-corrected chi connectivity index (χ2v) is 12.9. The molecule has 0 aliphatic carbocycles. The first-order valence-corrected chi connectivity index (χ1v) is 13.4. The van der Waals surface area contributed by atoms with Gasteiger partial charge in [-0.25, -0.2) is 5.09 Å². The van der Waals surface area contributed by atoms with Crippen LogP contribution in [0.25, 0.3) is 0 Å². The van der Waals surface area contributed by atoms with E-state index in [1.54, 1.807) is 7.05 Å². The molecule has 0 saturated carbocycles. The topological polar surface area (TPSA) is 77.1 Å². The van der Waals surface area contributed by atoms with Gasteiger partial charge in [0.2, 0.25) is 0 Å². The van der Waals surface area contributed by atoms with Crippen molar-refractivity contribution in [2.45, 2.75) is 59.5 Å². The summed E-state index contributed by atoms with van der Waals surface area (Å²) in [5.74, 6) is 0.207. The number of esters is 1. The predicted molar refractivity (Wildman–Crippen MR) is 116 cm³/mol. The number of hydrogen-bond donors (Lipinski definition) is 1. The van der Waals surface area contributed by atoms with Crippen molar-refractivity contribution in [3.05, 3.63) is 0 Å². The Labute approximate surface area is 174 Å². The maximum atomic E-state index is 12.9. The fourth-order valence-corrected chi connectivity index (χ4v) is 6.47. The maximum absolute atomic E-state index is 12.9. The molecule has 0 aromatic rings. The van der Waals surface area contributed by atoms with E-state index in [1.165, 1.54) is 11.4 Å². The fourth-order valence-electron chi connectivity index (χ4n) is 2.96. The lowest BCUT2D eigenvalue weighted by atomic mass is 9.89. The normalized spacial score (nSPS) is 18.6. The second kappa shape index (κ2) is 11.9. The molecular weight excluding hydrogens is 399 g/mol. The van der Waals surface area contributed by atoms with Crippen molar-refractivity contribution in [2.75, 3.05) is 52.3 Å². The first-order valence-electron chi connectivity index (χ1n) is 10.2. The summed E-state index contributed by atoms with van der Waals surface area (Å²) in [6, 6.07) is 0. The lowest BCUT2D eigenvalue weighted by Gasteiger charge is -2.30. The van der Waals surface area contributed by atoms with Crippen molar-refractivity contribution in [3.63, 3.8) is 0 Å². The molecule has 28 heavy (non-hydrogen) atoms. The number of nitrogens with one attached hydrogen (secondary N) is 1. The third-order valence-corrected chi connectivity index (χ3v) is 9.09. The van der Waals surface area contributed by atoms with Gasteiger partial charge < -0.3 is 14.0 Å². The average Bonchev–Trinajstić information content (AvgIpc) is 2.64. The molecular formula is C19H39N2O5PS. The fraction of sp³-hybridized carbons (Fsp3) is 0.947. The van der Waals surface area contributed by atoms with Crippen molar-refractivity contribution >= 4 is 24.1 Å². The van der Waals surface area contributed by atoms with Crippen molar-refractivity contribution in [1.29, 1.82) is 0 Å². The number of rotatable bonds is 13. The van der Waals surface area contributed by atoms with Crippen LogP contribution in [0.15, 0.2) is 0 Å². The standard InChI is InChI=1S/C19H39N2O5PS/c1-7-8-19(4,5)26-27(23,20-6)28-16-15-25-17(22)18(2,3)9-10-21-11-13-24-14-12-21/h7-16H2,1-6H3,(H,20,23). The largest absolute Gasteiger partial charge is 0.464 e. The highest BCUT2D eigenvalue weighted by Crippen LogP contribution is 2.58. The minimum absolute atomic E-state index is 0.215. The molecule has 0 aromatic heterocycles. The molecule has 166 valence electrons. The molecule has 0 aromatic carbocycles. The summed E-state index contributed by atoms with van der Waals surface area (Å²) in [7, 11) is 1.64. The van der Waals surface area contributed by atoms with E-state index in [-0.39, 0.29) is 12.6 Å². The Morgan fingerprint density at radius 3 is 2.43 bits per heavy atom. The average molecular weight is 439 g/mol. The summed E-state index contributed by atoms with van der Waals surface area (Å²) in [5, 5.41) is 2.81. The monoisotopic (exact) mass is 438 g/mol. The number of hydrogen-bond acceptors (Lipinski definition) is 7. The lowest BCUT2D eigenvalue weighted by molar-refractivity contribution is -0.153. The van der Waals surface area contributed by atoms with Crippen LogP contribution in [-0.4, -0.2) is 68.7 Å². The van der Waals surface area contributed by atoms with Crippen LogP contribution in [0.3, 0.4) is 0 Å². The zero-order valence-electron chi connectivity index (χ0n) is 18.4. The van der Waals surface area contributed by atoms with Crippen LogP contribution >= 0.6 is 18.1 Å². The van der Waals surface area contributed by atoms with Crippen LogP contribution in [0.4, 0.5) is 0 Å². The number of carbonyl (C=O) groups is 1. The third kappa shape index (κ3) is 9.59. The van der Waals surface area contributed by atoms with E-state index in [1.807, 2.05) is 27.7 Å². The molecule has 1 fully saturated rings. The molecule has 0 bridgehead atoms. The quantitative estimate of drug-likeness (QED) is 0.263. The number of ether oxygens (including phenoxy) is 2. The van der Waals surface area contributed by atoms with Gasteiger partial charge in [-0.15, -0.1) is 0 Å². The molecule has 1 N–H and O–H groups in total. The highest BCUT2D eigenvalue weighted by Gasteiger charge is 2.32. The van der Waals surface area contributed by atoms with Gasteiger partial charge in [-0.1, -0.05) is 24.7 Å². The zero-order chi connectivity index (χ0) is 21.3. The van der Waals surface area contributed by atoms with Crippen molar-refractivity contribution in [1.82, 2.24) is 9.99 Å². The van der Waals surface area contributed by atoms with E-state index >= 15 is 0 Å². The zero-order valence-corrected chi connectivity index (χ0v) is 20.1. The number of morpholine rings is 1. The third-order valence-electron chi connectivity index (χ3n) is 4.78. The molecule has 0 radical (unpaired) electrons. The summed E-state index contributed by atoms with van der Waals surface area (Å²) < 4.78 is 29.5. The molecule has 9 heteroatoms. The molecule has 1 unspecified atom stereocenters. The second-order valence-electron chi connectivity index (χ2n) is 8.38. The van der Waals surface area contributed by atoms with Gasteiger partial charge in [0.15, 0.2) is 0 Å². The SMILES string of the molecule is CCCC(C)(C)OP(=O)(NC)SCCOC(=O)C(C)(C)CCN1CCOCC1. The Kier molecular flexibility index (Phi) is 11.0. The summed E-state index contributed by atoms with van der Waals surface area (Å²) in [6.07, 6.45) is 2.52. The molecule has 1 atom stereocenters. The molecule has 0 amide bonds. The van der Waals surface area contributed by atoms with Gasteiger partial charge in [0.25, 0.3) is 0 Å².